The summed E-state index contributed by atoms with van der Waals surface area (Å²) in [6, 6.07) is 0. The number of hydrogen-bond acceptors (Lipinski definition) is 2. The van der Waals surface area contributed by atoms with Gasteiger partial charge in [0.2, 0.25) is 0 Å². The van der Waals surface area contributed by atoms with Crippen LogP contribution in [0.1, 0.15) is 13.3 Å². The highest BCUT2D eigenvalue weighted by Crippen LogP contribution is 2.38. The number of hydrogen-bond donors (Lipinski definition) is 0. The summed E-state index contributed by atoms with van der Waals surface area (Å²) in [7, 11) is 3.62. The van der Waals surface area contributed by atoms with E-state index in [1.54, 1.807) is 10.8 Å². The zero-order valence-electron chi connectivity index (χ0n) is 4.76. The first-order valence-electron chi connectivity index (χ1n) is 2.63. The van der Waals surface area contributed by atoms with Gasteiger partial charge in [-0.2, -0.15) is 0 Å². The monoisotopic (exact) mass is 144 g/mol. The van der Waals surface area contributed by atoms with Crippen molar-refractivity contribution in [2.24, 2.45) is 0 Å². The van der Waals surface area contributed by atoms with Crippen LogP contribution in [0.2, 0.25) is 0 Å². The van der Waals surface area contributed by atoms with E-state index in [9.17, 15) is 0 Å². The van der Waals surface area contributed by atoms with E-state index in [-0.39, 0.29) is 0 Å². The van der Waals surface area contributed by atoms with Crippen LogP contribution >= 0.6 is 21.6 Å². The van der Waals surface area contributed by atoms with Crippen LogP contribution in [-0.2, 0) is 0 Å². The van der Waals surface area contributed by atoms with Gasteiger partial charge in [-0.05, 0) is 17.9 Å². The van der Waals surface area contributed by atoms with Crippen molar-refractivity contribution in [2.75, 3.05) is 0 Å². The summed E-state index contributed by atoms with van der Waals surface area (Å²) < 4.78 is 0. The van der Waals surface area contributed by atoms with Crippen molar-refractivity contribution >= 4 is 21.6 Å². The summed E-state index contributed by atoms with van der Waals surface area (Å²) in [4.78, 5) is 1.40. The Labute approximate surface area is 57.8 Å². The van der Waals surface area contributed by atoms with E-state index >= 15 is 0 Å². The maximum absolute atomic E-state index is 2.24. The lowest BCUT2D eigenvalue weighted by Gasteiger charge is -1.85. The molecule has 8 heavy (non-hydrogen) atoms. The highest BCUT2D eigenvalue weighted by atomic mass is 33.1. The van der Waals surface area contributed by atoms with Crippen LogP contribution in [0, 0.1) is 0 Å². The van der Waals surface area contributed by atoms with Gasteiger partial charge in [-0.25, -0.2) is 0 Å². The molecule has 0 unspecified atom stereocenters. The van der Waals surface area contributed by atoms with Crippen LogP contribution in [0.4, 0.5) is 0 Å². The fourth-order valence-electron chi connectivity index (χ4n) is 0.509. The summed E-state index contributed by atoms with van der Waals surface area (Å²) in [5.41, 5.74) is 0. The van der Waals surface area contributed by atoms with Crippen LogP contribution in [0.25, 0.3) is 0 Å². The molecule has 0 aromatic rings. The van der Waals surface area contributed by atoms with E-state index in [1.165, 1.54) is 4.91 Å². The smallest absolute Gasteiger partial charge is 0.0151 e. The Morgan fingerprint density at radius 2 is 2.62 bits per heavy atom. The Morgan fingerprint density at radius 1 is 1.75 bits per heavy atom. The van der Waals surface area contributed by atoms with Crippen molar-refractivity contribution in [3.8, 4) is 0 Å². The molecule has 0 fully saturated rings. The Bertz CT molecular complexity index is 124. The molecular weight excluding hydrogens is 136 g/mol. The Hall–Kier alpha value is 0.180. The predicted molar refractivity (Wildman–Crippen MR) is 42.7 cm³/mol. The molecule has 1 aliphatic rings. The minimum atomic E-state index is 1.15. The summed E-state index contributed by atoms with van der Waals surface area (Å²) in [5.74, 6) is 0. The third kappa shape index (κ3) is 1.60. The van der Waals surface area contributed by atoms with Crippen LogP contribution in [0.3, 0.4) is 0 Å². The minimum absolute atomic E-state index is 1.15. The van der Waals surface area contributed by atoms with Gasteiger partial charge in [0, 0.05) is 4.91 Å². The van der Waals surface area contributed by atoms with Gasteiger partial charge < -0.3 is 0 Å². The van der Waals surface area contributed by atoms with Crippen molar-refractivity contribution in [3.63, 3.8) is 0 Å². The molecule has 44 valence electrons. The van der Waals surface area contributed by atoms with Crippen LogP contribution in [-0.4, -0.2) is 0 Å². The summed E-state index contributed by atoms with van der Waals surface area (Å²) in [6.45, 7) is 2.16. The molecule has 0 aliphatic carbocycles. The SMILES string of the molecule is CCC=C1C=CSS1. The van der Waals surface area contributed by atoms with E-state index in [2.05, 4.69) is 24.5 Å². The Morgan fingerprint density at radius 3 is 3.12 bits per heavy atom. The first-order chi connectivity index (χ1) is 3.93. The fourth-order valence-corrected chi connectivity index (χ4v) is 2.36. The van der Waals surface area contributed by atoms with Gasteiger partial charge in [0.1, 0.15) is 0 Å². The third-order valence-corrected chi connectivity index (χ3v) is 2.88. The van der Waals surface area contributed by atoms with Gasteiger partial charge in [0.15, 0.2) is 0 Å². The molecule has 0 atom stereocenters. The minimum Gasteiger partial charge on any atom is -0.0703 e. The molecule has 0 aromatic carbocycles. The second kappa shape index (κ2) is 3.25. The second-order valence-corrected chi connectivity index (χ2v) is 3.68. The zero-order chi connectivity index (χ0) is 5.82. The lowest BCUT2D eigenvalue weighted by atomic mass is 10.4. The Balaban J connectivity index is 2.46. The first kappa shape index (κ1) is 6.30. The molecule has 1 aliphatic heterocycles. The Kier molecular flexibility index (Phi) is 2.56. The van der Waals surface area contributed by atoms with Crippen molar-refractivity contribution in [1.29, 1.82) is 0 Å². The van der Waals surface area contributed by atoms with Crippen molar-refractivity contribution in [1.82, 2.24) is 0 Å². The molecule has 0 N–H and O–H groups in total. The highest BCUT2D eigenvalue weighted by Gasteiger charge is 1.97. The molecule has 0 spiro atoms. The maximum atomic E-state index is 2.24. The lowest BCUT2D eigenvalue weighted by molar-refractivity contribution is 1.22. The number of rotatable bonds is 1. The van der Waals surface area contributed by atoms with Crippen molar-refractivity contribution in [2.45, 2.75) is 13.3 Å². The molecule has 2 heteroatoms. The molecule has 1 heterocycles. The predicted octanol–water partition coefficient (Wildman–Crippen LogP) is 3.19. The van der Waals surface area contributed by atoms with Crippen molar-refractivity contribution < 1.29 is 0 Å². The molecule has 0 amide bonds. The van der Waals surface area contributed by atoms with E-state index in [0.717, 1.165) is 6.42 Å². The summed E-state index contributed by atoms with van der Waals surface area (Å²) in [5, 5.41) is 2.12. The van der Waals surface area contributed by atoms with E-state index in [4.69, 9.17) is 0 Å². The number of allylic oxidation sites excluding steroid dienone is 2. The van der Waals surface area contributed by atoms with Crippen molar-refractivity contribution in [3.05, 3.63) is 22.5 Å². The fraction of sp³-hybridized carbons (Fsp3) is 0.333. The zero-order valence-corrected chi connectivity index (χ0v) is 6.39. The lowest BCUT2D eigenvalue weighted by Crippen LogP contribution is -1.58. The summed E-state index contributed by atoms with van der Waals surface area (Å²) >= 11 is 0. The molecular formula is C6H8S2. The molecule has 0 saturated carbocycles. The standard InChI is InChI=1S/C6H8S2/c1-2-3-6-4-5-7-8-6/h3-5H,2H2,1H3. The van der Waals surface area contributed by atoms with Gasteiger partial charge in [0.25, 0.3) is 0 Å². The quantitative estimate of drug-likeness (QED) is 0.518. The molecule has 0 bridgehead atoms. The normalized spacial score (nSPS) is 22.9. The van der Waals surface area contributed by atoms with Gasteiger partial charge in [0.05, 0.1) is 0 Å². The molecule has 0 radical (unpaired) electrons. The maximum Gasteiger partial charge on any atom is 0.0151 e. The molecule has 0 nitrogen and oxygen atoms in total. The molecule has 1 rings (SSSR count). The largest absolute Gasteiger partial charge is 0.0703 e. The van der Waals surface area contributed by atoms with Gasteiger partial charge >= 0.3 is 0 Å². The third-order valence-electron chi connectivity index (χ3n) is 0.838. The summed E-state index contributed by atoms with van der Waals surface area (Å²) in [6.07, 6.45) is 5.53. The molecule has 0 aromatic heterocycles. The first-order valence-corrected chi connectivity index (χ1v) is 4.85. The van der Waals surface area contributed by atoms with Crippen LogP contribution in [0.15, 0.2) is 22.5 Å². The highest BCUT2D eigenvalue weighted by molar-refractivity contribution is 8.79. The average Bonchev–Trinajstić information content (AvgIpc) is 2.19. The van der Waals surface area contributed by atoms with E-state index in [0.29, 0.717) is 0 Å². The average molecular weight is 144 g/mol. The van der Waals surface area contributed by atoms with Gasteiger partial charge in [-0.1, -0.05) is 34.6 Å². The van der Waals surface area contributed by atoms with E-state index < -0.39 is 0 Å². The van der Waals surface area contributed by atoms with Gasteiger partial charge in [-0.3, -0.25) is 0 Å². The topological polar surface area (TPSA) is 0 Å². The van der Waals surface area contributed by atoms with Crippen LogP contribution in [0.5, 0.6) is 0 Å². The van der Waals surface area contributed by atoms with Gasteiger partial charge in [-0.15, -0.1) is 0 Å². The molecule has 0 saturated heterocycles. The second-order valence-electron chi connectivity index (χ2n) is 1.50. The van der Waals surface area contributed by atoms with E-state index in [1.807, 2.05) is 10.8 Å². The van der Waals surface area contributed by atoms with Crippen LogP contribution < -0.4 is 0 Å².